The predicted octanol–water partition coefficient (Wildman–Crippen LogP) is 8.77. The lowest BCUT2D eigenvalue weighted by molar-refractivity contribution is 0.303. The van der Waals surface area contributed by atoms with Gasteiger partial charge in [-0.15, -0.1) is 0 Å². The Morgan fingerprint density at radius 2 is 1.43 bits per heavy atom. The number of fused-ring (bicyclic) bond motifs is 1. The van der Waals surface area contributed by atoms with Gasteiger partial charge in [-0.3, -0.25) is 0 Å². The maximum absolute atomic E-state index is 2.48. The van der Waals surface area contributed by atoms with Gasteiger partial charge in [-0.05, 0) is 96.9 Å². The molecule has 0 radical (unpaired) electrons. The molecule has 0 heteroatoms. The molecule has 1 saturated carbocycles. The van der Waals surface area contributed by atoms with E-state index in [-0.39, 0.29) is 0 Å². The third-order valence-electron chi connectivity index (χ3n) is 7.98. The molecule has 2 aliphatic rings. The summed E-state index contributed by atoms with van der Waals surface area (Å²) in [6.07, 6.45) is 17.7. The molecule has 0 amide bonds. The van der Waals surface area contributed by atoms with E-state index >= 15 is 0 Å². The van der Waals surface area contributed by atoms with Crippen LogP contribution in [0.2, 0.25) is 0 Å². The van der Waals surface area contributed by atoms with Gasteiger partial charge in [0.15, 0.2) is 0 Å². The molecule has 4 rings (SSSR count). The molecule has 2 aromatic carbocycles. The van der Waals surface area contributed by atoms with Gasteiger partial charge in [0.25, 0.3) is 0 Å². The van der Waals surface area contributed by atoms with E-state index in [0.717, 1.165) is 11.8 Å². The van der Waals surface area contributed by atoms with Crippen LogP contribution in [0, 0.1) is 5.92 Å². The van der Waals surface area contributed by atoms with Crippen LogP contribution in [0.25, 0.3) is 0 Å². The van der Waals surface area contributed by atoms with Gasteiger partial charge in [-0.1, -0.05) is 88.4 Å². The van der Waals surface area contributed by atoms with E-state index in [4.69, 9.17) is 0 Å². The zero-order valence-corrected chi connectivity index (χ0v) is 19.5. The van der Waals surface area contributed by atoms with E-state index in [1.165, 1.54) is 89.0 Å². The smallest absolute Gasteiger partial charge is 0.0118 e. The van der Waals surface area contributed by atoms with Crippen molar-refractivity contribution < 1.29 is 0 Å². The van der Waals surface area contributed by atoms with E-state index in [0.29, 0.717) is 5.92 Å². The Kier molecular flexibility index (Phi) is 7.69. The van der Waals surface area contributed by atoms with Crippen molar-refractivity contribution in [2.24, 2.45) is 5.92 Å². The third-order valence-corrected chi connectivity index (χ3v) is 7.98. The highest BCUT2D eigenvalue weighted by atomic mass is 14.3. The number of hydrogen-bond donors (Lipinski definition) is 0. The van der Waals surface area contributed by atoms with E-state index in [2.05, 4.69) is 56.3 Å². The Morgan fingerprint density at radius 3 is 2.13 bits per heavy atom. The second-order valence-electron chi connectivity index (χ2n) is 10.2. The van der Waals surface area contributed by atoms with Crippen molar-refractivity contribution in [3.63, 3.8) is 0 Å². The van der Waals surface area contributed by atoms with Crippen LogP contribution in [0.4, 0.5) is 0 Å². The fourth-order valence-electron chi connectivity index (χ4n) is 6.04. The second kappa shape index (κ2) is 10.7. The summed E-state index contributed by atoms with van der Waals surface area (Å²) in [4.78, 5) is 0. The predicted molar refractivity (Wildman–Crippen MR) is 130 cm³/mol. The lowest BCUT2D eigenvalue weighted by Gasteiger charge is -2.29. The van der Waals surface area contributed by atoms with Gasteiger partial charge in [0.1, 0.15) is 0 Å². The van der Waals surface area contributed by atoms with Crippen LogP contribution in [0.3, 0.4) is 0 Å². The number of unbranched alkanes of at least 4 members (excludes halogenated alkanes) is 2. The monoisotopic (exact) mass is 402 g/mol. The van der Waals surface area contributed by atoms with Crippen molar-refractivity contribution in [2.45, 2.75) is 109 Å². The summed E-state index contributed by atoms with van der Waals surface area (Å²) >= 11 is 0. The first-order valence-electron chi connectivity index (χ1n) is 13.0. The van der Waals surface area contributed by atoms with Crippen LogP contribution in [-0.4, -0.2) is 0 Å². The molecule has 0 heterocycles. The standard InChI is InChI=1S/C30H42/c1-3-5-6-8-23-9-12-25(13-10-23)26-15-17-27(18-16-26)29-20-19-28-21-24(7-4-2)11-14-30(28)22-29/h11,14-18,21,23,25,29H,3-10,12-13,19-20,22H2,1-2H3. The Bertz CT molecular complexity index is 776. The van der Waals surface area contributed by atoms with Gasteiger partial charge in [0, 0.05) is 0 Å². The van der Waals surface area contributed by atoms with Crippen molar-refractivity contribution in [1.82, 2.24) is 0 Å². The normalized spacial score (nSPS) is 23.9. The Hall–Kier alpha value is -1.56. The summed E-state index contributed by atoms with van der Waals surface area (Å²) in [5.74, 6) is 2.52. The SMILES string of the molecule is CCCCCC1CCC(c2ccc(C3CCc4cc(CCC)ccc4C3)cc2)CC1. The highest BCUT2D eigenvalue weighted by Gasteiger charge is 2.23. The minimum absolute atomic E-state index is 0.706. The van der Waals surface area contributed by atoms with Crippen molar-refractivity contribution >= 4 is 0 Å². The van der Waals surface area contributed by atoms with Gasteiger partial charge in [-0.25, -0.2) is 0 Å². The quantitative estimate of drug-likeness (QED) is 0.387. The highest BCUT2D eigenvalue weighted by Crippen LogP contribution is 2.39. The van der Waals surface area contributed by atoms with Gasteiger partial charge in [-0.2, -0.15) is 0 Å². The molecular weight excluding hydrogens is 360 g/mol. The van der Waals surface area contributed by atoms with E-state index in [1.54, 1.807) is 22.3 Å². The molecule has 30 heavy (non-hydrogen) atoms. The van der Waals surface area contributed by atoms with Crippen molar-refractivity contribution in [2.75, 3.05) is 0 Å². The number of hydrogen-bond acceptors (Lipinski definition) is 0. The zero-order chi connectivity index (χ0) is 20.8. The largest absolute Gasteiger partial charge is 0.0654 e. The number of benzene rings is 2. The summed E-state index contributed by atoms with van der Waals surface area (Å²) < 4.78 is 0. The molecule has 0 N–H and O–H groups in total. The van der Waals surface area contributed by atoms with Crippen LogP contribution in [0.5, 0.6) is 0 Å². The van der Waals surface area contributed by atoms with Crippen LogP contribution in [-0.2, 0) is 19.3 Å². The molecule has 1 unspecified atom stereocenters. The Balaban J connectivity index is 1.32. The maximum atomic E-state index is 2.48. The Labute approximate surface area is 185 Å². The molecular formula is C30H42. The lowest BCUT2D eigenvalue weighted by Crippen LogP contribution is -2.14. The van der Waals surface area contributed by atoms with E-state index < -0.39 is 0 Å². The molecule has 2 aromatic rings. The summed E-state index contributed by atoms with van der Waals surface area (Å²) in [7, 11) is 0. The lowest BCUT2D eigenvalue weighted by atomic mass is 9.76. The molecule has 0 bridgehead atoms. The van der Waals surface area contributed by atoms with Crippen LogP contribution >= 0.6 is 0 Å². The molecule has 0 spiro atoms. The molecule has 0 nitrogen and oxygen atoms in total. The van der Waals surface area contributed by atoms with Gasteiger partial charge in [0.05, 0.1) is 0 Å². The van der Waals surface area contributed by atoms with Crippen LogP contribution in [0.1, 0.15) is 118 Å². The first kappa shape index (κ1) is 21.7. The fourth-order valence-corrected chi connectivity index (χ4v) is 6.04. The molecule has 0 aromatic heterocycles. The van der Waals surface area contributed by atoms with E-state index in [1.807, 2.05) is 0 Å². The van der Waals surface area contributed by atoms with Gasteiger partial charge in [0.2, 0.25) is 0 Å². The minimum Gasteiger partial charge on any atom is -0.0654 e. The maximum Gasteiger partial charge on any atom is -0.0118 e. The first-order chi connectivity index (χ1) is 14.8. The summed E-state index contributed by atoms with van der Waals surface area (Å²) in [6.45, 7) is 4.59. The fraction of sp³-hybridized carbons (Fsp3) is 0.600. The summed E-state index contributed by atoms with van der Waals surface area (Å²) in [5, 5.41) is 0. The third kappa shape index (κ3) is 5.37. The average molecular weight is 403 g/mol. The van der Waals surface area contributed by atoms with Crippen molar-refractivity contribution in [3.05, 3.63) is 70.3 Å². The van der Waals surface area contributed by atoms with Gasteiger partial charge < -0.3 is 0 Å². The molecule has 1 atom stereocenters. The second-order valence-corrected chi connectivity index (χ2v) is 10.2. The first-order valence-corrected chi connectivity index (χ1v) is 13.0. The molecule has 162 valence electrons. The van der Waals surface area contributed by atoms with Crippen molar-refractivity contribution in [1.29, 1.82) is 0 Å². The average Bonchev–Trinajstić information content (AvgIpc) is 2.80. The molecule has 1 fully saturated rings. The molecule has 2 aliphatic carbocycles. The molecule has 0 saturated heterocycles. The highest BCUT2D eigenvalue weighted by molar-refractivity contribution is 5.38. The van der Waals surface area contributed by atoms with Crippen molar-refractivity contribution in [3.8, 4) is 0 Å². The number of aryl methyl sites for hydroxylation is 2. The zero-order valence-electron chi connectivity index (χ0n) is 19.5. The summed E-state index contributed by atoms with van der Waals surface area (Å²) in [6, 6.07) is 17.1. The van der Waals surface area contributed by atoms with E-state index in [9.17, 15) is 0 Å². The Morgan fingerprint density at radius 1 is 0.700 bits per heavy atom. The minimum atomic E-state index is 0.706. The topological polar surface area (TPSA) is 0 Å². The van der Waals surface area contributed by atoms with Crippen LogP contribution in [0.15, 0.2) is 42.5 Å². The summed E-state index contributed by atoms with van der Waals surface area (Å²) in [5.41, 5.74) is 7.90. The van der Waals surface area contributed by atoms with Gasteiger partial charge >= 0.3 is 0 Å². The van der Waals surface area contributed by atoms with Crippen LogP contribution < -0.4 is 0 Å². The molecule has 0 aliphatic heterocycles. The number of rotatable bonds is 8.